The molecule has 1 aliphatic rings. The number of aryl methyl sites for hydroxylation is 1. The molecule has 5 rings (SSSR count). The molecule has 0 saturated heterocycles. The lowest BCUT2D eigenvalue weighted by atomic mass is 9.76. The van der Waals surface area contributed by atoms with Crippen molar-refractivity contribution in [3.05, 3.63) is 71.8 Å². The summed E-state index contributed by atoms with van der Waals surface area (Å²) >= 11 is 0. The first kappa shape index (κ1) is 18.1. The first-order chi connectivity index (χ1) is 13.6. The summed E-state index contributed by atoms with van der Waals surface area (Å²) in [5.41, 5.74) is -4.53. The summed E-state index contributed by atoms with van der Waals surface area (Å²) in [4.78, 5) is 0. The molecule has 0 bridgehead atoms. The number of alkyl halides is 6. The minimum Gasteiger partial charge on any atom is -0.343 e. The van der Waals surface area contributed by atoms with E-state index >= 15 is 0 Å². The molecular weight excluding hydrogens is 392 g/mol. The SMILES string of the molecule is Cn1c2ccccc2c2ccc3c(c21)-c1ccccc1C3(C(F)(F)F)C(F)(F)F. The van der Waals surface area contributed by atoms with Crippen LogP contribution < -0.4 is 0 Å². The maximum absolute atomic E-state index is 14.2. The van der Waals surface area contributed by atoms with Crippen LogP contribution >= 0.6 is 0 Å². The van der Waals surface area contributed by atoms with E-state index in [0.717, 1.165) is 23.0 Å². The Bertz CT molecular complexity index is 1280. The van der Waals surface area contributed by atoms with Crippen molar-refractivity contribution in [1.82, 2.24) is 4.57 Å². The Morgan fingerprint density at radius 3 is 2.00 bits per heavy atom. The van der Waals surface area contributed by atoms with Gasteiger partial charge in [0.1, 0.15) is 0 Å². The molecule has 0 saturated carbocycles. The van der Waals surface area contributed by atoms with Gasteiger partial charge in [-0.1, -0.05) is 54.6 Å². The average Bonchev–Trinajstić information content (AvgIpc) is 3.12. The van der Waals surface area contributed by atoms with Crippen molar-refractivity contribution in [2.75, 3.05) is 0 Å². The Hall–Kier alpha value is -2.96. The number of para-hydroxylation sites is 1. The lowest BCUT2D eigenvalue weighted by Gasteiger charge is -2.35. The Labute approximate surface area is 161 Å². The molecule has 3 aromatic carbocycles. The highest BCUT2D eigenvalue weighted by Crippen LogP contribution is 2.64. The Balaban J connectivity index is 2.07. The second-order valence-corrected chi connectivity index (χ2v) is 7.25. The fourth-order valence-corrected chi connectivity index (χ4v) is 4.80. The average molecular weight is 405 g/mol. The van der Waals surface area contributed by atoms with E-state index in [2.05, 4.69) is 0 Å². The summed E-state index contributed by atoms with van der Waals surface area (Å²) < 4.78 is 87.2. The minimum atomic E-state index is -5.55. The van der Waals surface area contributed by atoms with E-state index in [1.54, 1.807) is 29.8 Å². The van der Waals surface area contributed by atoms with Crippen LogP contribution in [0.2, 0.25) is 0 Å². The van der Waals surface area contributed by atoms with Crippen LogP contribution in [-0.2, 0) is 12.5 Å². The zero-order valence-corrected chi connectivity index (χ0v) is 15.0. The zero-order chi connectivity index (χ0) is 20.8. The third-order valence-corrected chi connectivity index (χ3v) is 5.92. The van der Waals surface area contributed by atoms with Crippen LogP contribution in [0.4, 0.5) is 26.3 Å². The van der Waals surface area contributed by atoms with Gasteiger partial charge in [0.15, 0.2) is 0 Å². The first-order valence-electron chi connectivity index (χ1n) is 8.84. The van der Waals surface area contributed by atoms with Gasteiger partial charge in [-0.2, -0.15) is 26.3 Å². The van der Waals surface area contributed by atoms with Gasteiger partial charge in [-0.15, -0.1) is 0 Å². The summed E-state index contributed by atoms with van der Waals surface area (Å²) in [5.74, 6) is 0. The molecule has 0 radical (unpaired) electrons. The van der Waals surface area contributed by atoms with Crippen LogP contribution in [0.5, 0.6) is 0 Å². The quantitative estimate of drug-likeness (QED) is 0.286. The fraction of sp³-hybridized carbons (Fsp3) is 0.182. The highest BCUT2D eigenvalue weighted by molar-refractivity contribution is 6.14. The van der Waals surface area contributed by atoms with Crippen molar-refractivity contribution in [2.45, 2.75) is 17.8 Å². The van der Waals surface area contributed by atoms with Crippen molar-refractivity contribution in [2.24, 2.45) is 7.05 Å². The molecule has 0 N–H and O–H groups in total. The van der Waals surface area contributed by atoms with E-state index in [9.17, 15) is 26.3 Å². The second kappa shape index (κ2) is 5.34. The van der Waals surface area contributed by atoms with E-state index in [1.165, 1.54) is 24.3 Å². The molecule has 29 heavy (non-hydrogen) atoms. The van der Waals surface area contributed by atoms with Crippen molar-refractivity contribution >= 4 is 21.8 Å². The largest absolute Gasteiger partial charge is 0.411 e. The molecule has 0 spiro atoms. The van der Waals surface area contributed by atoms with Crippen LogP contribution in [0.1, 0.15) is 11.1 Å². The fourth-order valence-electron chi connectivity index (χ4n) is 4.80. The smallest absolute Gasteiger partial charge is 0.343 e. The van der Waals surface area contributed by atoms with E-state index in [0.29, 0.717) is 10.9 Å². The van der Waals surface area contributed by atoms with E-state index in [4.69, 9.17) is 0 Å². The van der Waals surface area contributed by atoms with Crippen LogP contribution in [-0.4, -0.2) is 16.9 Å². The van der Waals surface area contributed by atoms with Crippen LogP contribution in [0.3, 0.4) is 0 Å². The monoisotopic (exact) mass is 405 g/mol. The van der Waals surface area contributed by atoms with Crippen LogP contribution in [0, 0.1) is 0 Å². The van der Waals surface area contributed by atoms with Gasteiger partial charge in [0, 0.05) is 28.9 Å². The number of halogens is 6. The topological polar surface area (TPSA) is 4.93 Å². The van der Waals surface area contributed by atoms with Crippen LogP contribution in [0.25, 0.3) is 32.9 Å². The Morgan fingerprint density at radius 2 is 1.31 bits per heavy atom. The van der Waals surface area contributed by atoms with Gasteiger partial charge in [0.05, 0.1) is 5.52 Å². The highest BCUT2D eigenvalue weighted by Gasteiger charge is 2.75. The molecule has 7 heteroatoms. The van der Waals surface area contributed by atoms with Gasteiger partial charge < -0.3 is 4.57 Å². The standard InChI is InChI=1S/C22H13F6N/c1-29-17-9-5-3-6-12(17)13-10-11-16-18(19(13)29)14-7-2-4-8-15(14)20(16,21(23,24)25)22(26,27)28/h2-11H,1H3. The number of aromatic nitrogens is 1. The normalized spacial score (nSPS) is 15.7. The van der Waals surface area contributed by atoms with E-state index < -0.39 is 28.9 Å². The molecule has 0 atom stereocenters. The lowest BCUT2D eigenvalue weighted by Crippen LogP contribution is -2.53. The van der Waals surface area contributed by atoms with Gasteiger partial charge >= 0.3 is 12.4 Å². The summed E-state index contributed by atoms with van der Waals surface area (Å²) in [5, 5.41) is 1.40. The molecule has 1 aromatic heterocycles. The molecule has 0 aliphatic heterocycles. The first-order valence-corrected chi connectivity index (χ1v) is 8.84. The van der Waals surface area contributed by atoms with Gasteiger partial charge in [0.25, 0.3) is 0 Å². The van der Waals surface area contributed by atoms with Gasteiger partial charge in [-0.05, 0) is 22.8 Å². The summed E-state index contributed by atoms with van der Waals surface area (Å²) in [7, 11) is 1.66. The minimum absolute atomic E-state index is 0.00792. The molecule has 0 amide bonds. The summed E-state index contributed by atoms with van der Waals surface area (Å²) in [6.07, 6.45) is -11.1. The highest BCUT2D eigenvalue weighted by atomic mass is 19.4. The third kappa shape index (κ3) is 1.97. The van der Waals surface area contributed by atoms with E-state index in [-0.39, 0.29) is 11.1 Å². The number of hydrogen-bond acceptors (Lipinski definition) is 0. The van der Waals surface area contributed by atoms with Crippen molar-refractivity contribution < 1.29 is 26.3 Å². The molecule has 0 unspecified atom stereocenters. The molecule has 1 aliphatic carbocycles. The van der Waals surface area contributed by atoms with Gasteiger partial charge in [-0.3, -0.25) is 0 Å². The molecule has 0 fully saturated rings. The number of benzene rings is 3. The molecule has 1 heterocycles. The number of rotatable bonds is 0. The Morgan fingerprint density at radius 1 is 0.690 bits per heavy atom. The van der Waals surface area contributed by atoms with Crippen molar-refractivity contribution in [3.63, 3.8) is 0 Å². The molecular formula is C22H13F6N. The second-order valence-electron chi connectivity index (χ2n) is 7.25. The van der Waals surface area contributed by atoms with Gasteiger partial charge in [0.2, 0.25) is 5.41 Å². The van der Waals surface area contributed by atoms with E-state index in [1.807, 2.05) is 6.07 Å². The molecule has 4 aromatic rings. The van der Waals surface area contributed by atoms with Gasteiger partial charge in [-0.25, -0.2) is 0 Å². The Kier molecular flexibility index (Phi) is 3.33. The molecule has 148 valence electrons. The maximum atomic E-state index is 14.2. The number of fused-ring (bicyclic) bond motifs is 7. The van der Waals surface area contributed by atoms with Crippen LogP contribution in [0.15, 0.2) is 60.7 Å². The lowest BCUT2D eigenvalue weighted by molar-refractivity contribution is -0.287. The predicted octanol–water partition coefficient (Wildman–Crippen LogP) is 6.72. The van der Waals surface area contributed by atoms with Crippen molar-refractivity contribution in [3.8, 4) is 11.1 Å². The third-order valence-electron chi connectivity index (χ3n) is 5.92. The summed E-state index contributed by atoms with van der Waals surface area (Å²) in [6.45, 7) is 0. The number of nitrogens with zero attached hydrogens (tertiary/aromatic N) is 1. The zero-order valence-electron chi connectivity index (χ0n) is 15.0. The van der Waals surface area contributed by atoms with Crippen molar-refractivity contribution in [1.29, 1.82) is 0 Å². The maximum Gasteiger partial charge on any atom is 0.411 e. The molecule has 1 nitrogen and oxygen atoms in total. The summed E-state index contributed by atoms with van der Waals surface area (Å²) in [6, 6.07) is 14.5. The number of hydrogen-bond donors (Lipinski definition) is 0. The predicted molar refractivity (Wildman–Crippen MR) is 98.8 cm³/mol.